The Morgan fingerprint density at radius 2 is 1.85 bits per heavy atom. The first-order valence-corrected chi connectivity index (χ1v) is 10.6. The van der Waals surface area contributed by atoms with Crippen molar-refractivity contribution in [3.63, 3.8) is 0 Å². The number of urea groups is 1. The Balaban J connectivity index is 1.37. The zero-order chi connectivity index (χ0) is 19.2. The van der Waals surface area contributed by atoms with E-state index >= 15 is 0 Å². The number of rotatable bonds is 5. The van der Waals surface area contributed by atoms with E-state index in [1.54, 1.807) is 7.05 Å². The summed E-state index contributed by atoms with van der Waals surface area (Å²) in [7, 11) is 1.67. The number of carbonyl (C=O) groups excluding carboxylic acids is 1. The standard InChI is InChI=1S/C21H33ClN4O/c1-16-4-3-5-19(20(16)22)26-14-12-25(13-15-26)11-10-17-6-8-18(9-7-17)24-21(27)23-2/h3-5,17-18H,6-15H2,1-2H3,(H2,23,24,27). The highest BCUT2D eigenvalue weighted by Gasteiger charge is 2.24. The molecule has 1 saturated carbocycles. The van der Waals surface area contributed by atoms with E-state index in [-0.39, 0.29) is 6.03 Å². The molecule has 0 radical (unpaired) electrons. The number of carbonyl (C=O) groups is 1. The summed E-state index contributed by atoms with van der Waals surface area (Å²) in [6.45, 7) is 7.57. The van der Waals surface area contributed by atoms with Gasteiger partial charge in [-0.3, -0.25) is 4.90 Å². The average molecular weight is 393 g/mol. The first-order valence-electron chi connectivity index (χ1n) is 10.3. The molecule has 0 atom stereocenters. The molecule has 27 heavy (non-hydrogen) atoms. The number of anilines is 1. The molecule has 6 heteroatoms. The lowest BCUT2D eigenvalue weighted by molar-refractivity contribution is 0.206. The highest BCUT2D eigenvalue weighted by molar-refractivity contribution is 6.34. The minimum atomic E-state index is -0.0509. The summed E-state index contributed by atoms with van der Waals surface area (Å²) in [5, 5.41) is 6.59. The van der Waals surface area contributed by atoms with Crippen LogP contribution in [0.5, 0.6) is 0 Å². The molecule has 1 aromatic carbocycles. The van der Waals surface area contributed by atoms with Crippen LogP contribution < -0.4 is 15.5 Å². The van der Waals surface area contributed by atoms with E-state index in [4.69, 9.17) is 11.6 Å². The summed E-state index contributed by atoms with van der Waals surface area (Å²) in [6.07, 6.45) is 5.95. The minimum Gasteiger partial charge on any atom is -0.368 e. The second-order valence-electron chi connectivity index (χ2n) is 7.97. The molecule has 1 aliphatic carbocycles. The fourth-order valence-corrected chi connectivity index (χ4v) is 4.55. The van der Waals surface area contributed by atoms with Gasteiger partial charge in [-0.1, -0.05) is 23.7 Å². The number of nitrogens with zero attached hydrogens (tertiary/aromatic N) is 2. The van der Waals surface area contributed by atoms with Crippen LogP contribution in [0, 0.1) is 12.8 Å². The van der Waals surface area contributed by atoms with Gasteiger partial charge in [0.25, 0.3) is 0 Å². The number of hydrogen-bond donors (Lipinski definition) is 2. The van der Waals surface area contributed by atoms with Crippen LogP contribution in [0.15, 0.2) is 18.2 Å². The van der Waals surface area contributed by atoms with Gasteiger partial charge in [0, 0.05) is 39.3 Å². The van der Waals surface area contributed by atoms with E-state index in [1.165, 1.54) is 31.5 Å². The maximum Gasteiger partial charge on any atom is 0.314 e. The molecule has 150 valence electrons. The second-order valence-corrected chi connectivity index (χ2v) is 8.34. The largest absolute Gasteiger partial charge is 0.368 e. The van der Waals surface area contributed by atoms with Crippen LogP contribution in [0.3, 0.4) is 0 Å². The SMILES string of the molecule is CNC(=O)NC1CCC(CCN2CCN(c3cccc(C)c3Cl)CC2)CC1. The maximum atomic E-state index is 11.4. The summed E-state index contributed by atoms with van der Waals surface area (Å²) >= 11 is 6.49. The summed E-state index contributed by atoms with van der Waals surface area (Å²) in [5.74, 6) is 0.803. The third-order valence-corrected chi connectivity index (χ3v) is 6.64. The van der Waals surface area contributed by atoms with Gasteiger partial charge in [0.15, 0.2) is 0 Å². The topological polar surface area (TPSA) is 47.6 Å². The van der Waals surface area contributed by atoms with E-state index in [0.717, 1.165) is 55.5 Å². The molecule has 2 fully saturated rings. The van der Waals surface area contributed by atoms with Crippen LogP contribution in [-0.2, 0) is 0 Å². The van der Waals surface area contributed by atoms with Crippen molar-refractivity contribution < 1.29 is 4.79 Å². The van der Waals surface area contributed by atoms with Crippen LogP contribution in [0.1, 0.15) is 37.7 Å². The van der Waals surface area contributed by atoms with Gasteiger partial charge < -0.3 is 15.5 Å². The van der Waals surface area contributed by atoms with Gasteiger partial charge in [-0.05, 0) is 63.1 Å². The molecule has 1 saturated heterocycles. The van der Waals surface area contributed by atoms with Crippen LogP contribution in [-0.4, -0.2) is 56.7 Å². The summed E-state index contributed by atoms with van der Waals surface area (Å²) in [6, 6.07) is 6.60. The lowest BCUT2D eigenvalue weighted by atomic mass is 9.84. The highest BCUT2D eigenvalue weighted by Crippen LogP contribution is 2.30. The van der Waals surface area contributed by atoms with Crippen molar-refractivity contribution in [1.29, 1.82) is 0 Å². The fraction of sp³-hybridized carbons (Fsp3) is 0.667. The molecule has 5 nitrogen and oxygen atoms in total. The van der Waals surface area contributed by atoms with Gasteiger partial charge in [-0.25, -0.2) is 4.79 Å². The monoisotopic (exact) mass is 392 g/mol. The van der Waals surface area contributed by atoms with Crippen molar-refractivity contribution in [2.45, 2.75) is 45.1 Å². The van der Waals surface area contributed by atoms with E-state index < -0.39 is 0 Å². The molecule has 1 heterocycles. The highest BCUT2D eigenvalue weighted by atomic mass is 35.5. The Labute approximate surface area is 168 Å². The van der Waals surface area contributed by atoms with Crippen LogP contribution >= 0.6 is 11.6 Å². The Kier molecular flexibility index (Phi) is 7.25. The number of halogens is 1. The summed E-state index contributed by atoms with van der Waals surface area (Å²) < 4.78 is 0. The maximum absolute atomic E-state index is 11.4. The Bertz CT molecular complexity index is 623. The van der Waals surface area contributed by atoms with E-state index in [1.807, 2.05) is 0 Å². The molecular weight excluding hydrogens is 360 g/mol. The lowest BCUT2D eigenvalue weighted by Crippen LogP contribution is -2.47. The van der Waals surface area contributed by atoms with E-state index in [2.05, 4.69) is 45.6 Å². The van der Waals surface area contributed by atoms with Crippen LogP contribution in [0.25, 0.3) is 0 Å². The Hall–Kier alpha value is -1.46. The smallest absolute Gasteiger partial charge is 0.314 e. The third-order valence-electron chi connectivity index (χ3n) is 6.15. The number of benzene rings is 1. The zero-order valence-electron chi connectivity index (χ0n) is 16.6. The van der Waals surface area contributed by atoms with Crippen molar-refractivity contribution in [3.8, 4) is 0 Å². The quantitative estimate of drug-likeness (QED) is 0.804. The molecular formula is C21H33ClN4O. The first-order chi connectivity index (χ1) is 13.1. The first kappa shape index (κ1) is 20.3. The number of hydrogen-bond acceptors (Lipinski definition) is 3. The molecule has 2 amide bonds. The molecule has 0 unspecified atom stereocenters. The fourth-order valence-electron chi connectivity index (χ4n) is 4.31. The average Bonchev–Trinajstić information content (AvgIpc) is 2.70. The lowest BCUT2D eigenvalue weighted by Gasteiger charge is -2.37. The van der Waals surface area contributed by atoms with Crippen LogP contribution in [0.4, 0.5) is 10.5 Å². The Morgan fingerprint density at radius 1 is 1.15 bits per heavy atom. The van der Waals surface area contributed by atoms with Gasteiger partial charge in [0.2, 0.25) is 0 Å². The third kappa shape index (κ3) is 5.52. The summed E-state index contributed by atoms with van der Waals surface area (Å²) in [4.78, 5) is 16.4. The van der Waals surface area contributed by atoms with E-state index in [9.17, 15) is 4.79 Å². The Morgan fingerprint density at radius 3 is 2.52 bits per heavy atom. The van der Waals surface area contributed by atoms with Gasteiger partial charge in [-0.15, -0.1) is 0 Å². The summed E-state index contributed by atoms with van der Waals surface area (Å²) in [5.41, 5.74) is 2.33. The van der Waals surface area contributed by atoms with Gasteiger partial charge in [0.05, 0.1) is 10.7 Å². The van der Waals surface area contributed by atoms with Crippen molar-refractivity contribution in [2.75, 3.05) is 44.7 Å². The van der Waals surface area contributed by atoms with Crippen molar-refractivity contribution in [1.82, 2.24) is 15.5 Å². The van der Waals surface area contributed by atoms with Gasteiger partial charge in [0.1, 0.15) is 0 Å². The molecule has 2 aliphatic rings. The van der Waals surface area contributed by atoms with Crippen LogP contribution in [0.2, 0.25) is 5.02 Å². The minimum absolute atomic E-state index is 0.0509. The van der Waals surface area contributed by atoms with E-state index in [0.29, 0.717) is 6.04 Å². The predicted octanol–water partition coefficient (Wildman–Crippen LogP) is 3.65. The predicted molar refractivity (Wildman–Crippen MR) is 113 cm³/mol. The number of amides is 2. The van der Waals surface area contributed by atoms with Crippen molar-refractivity contribution in [3.05, 3.63) is 28.8 Å². The van der Waals surface area contributed by atoms with Gasteiger partial charge in [-0.2, -0.15) is 0 Å². The number of nitrogens with one attached hydrogen (secondary N) is 2. The normalized spacial score (nSPS) is 23.9. The molecule has 2 N–H and O–H groups in total. The molecule has 0 bridgehead atoms. The zero-order valence-corrected chi connectivity index (χ0v) is 17.4. The molecule has 1 aromatic rings. The van der Waals surface area contributed by atoms with Crippen molar-refractivity contribution >= 4 is 23.3 Å². The second kappa shape index (κ2) is 9.65. The number of piperazine rings is 1. The number of aryl methyl sites for hydroxylation is 1. The molecule has 0 spiro atoms. The van der Waals surface area contributed by atoms with Crippen molar-refractivity contribution in [2.24, 2.45) is 5.92 Å². The van der Waals surface area contributed by atoms with Gasteiger partial charge >= 0.3 is 6.03 Å². The molecule has 0 aromatic heterocycles. The molecule has 3 rings (SSSR count). The molecule has 1 aliphatic heterocycles.